The Labute approximate surface area is 177 Å². The lowest BCUT2D eigenvalue weighted by Gasteiger charge is -2.19. The van der Waals surface area contributed by atoms with Gasteiger partial charge >= 0.3 is 0 Å². The summed E-state index contributed by atoms with van der Waals surface area (Å²) in [5.41, 5.74) is 2.57. The first-order chi connectivity index (χ1) is 14.3. The van der Waals surface area contributed by atoms with Gasteiger partial charge in [0.05, 0.1) is 12.0 Å². The van der Waals surface area contributed by atoms with E-state index in [1.54, 1.807) is 44.5 Å². The molecule has 0 spiro atoms. The number of aryl methyl sites for hydroxylation is 1. The molecular formula is C23H24N2O4S. The van der Waals surface area contributed by atoms with Gasteiger partial charge in [0.15, 0.2) is 0 Å². The van der Waals surface area contributed by atoms with Crippen LogP contribution in [0.25, 0.3) is 0 Å². The SMILES string of the molecule is COc1ccccc1CN(C)C(=O)c1cccc(S(=O)(=O)Nc2cccc(C)c2)c1. The van der Waals surface area contributed by atoms with E-state index >= 15 is 0 Å². The monoisotopic (exact) mass is 424 g/mol. The molecule has 3 rings (SSSR count). The Balaban J connectivity index is 1.80. The third kappa shape index (κ3) is 4.99. The highest BCUT2D eigenvalue weighted by Crippen LogP contribution is 2.21. The first-order valence-electron chi connectivity index (χ1n) is 9.37. The summed E-state index contributed by atoms with van der Waals surface area (Å²) >= 11 is 0. The number of carbonyl (C=O) groups is 1. The number of amides is 1. The van der Waals surface area contributed by atoms with E-state index in [0.29, 0.717) is 23.5 Å². The van der Waals surface area contributed by atoms with Crippen LogP contribution in [0.1, 0.15) is 21.5 Å². The number of hydrogen-bond acceptors (Lipinski definition) is 4. The zero-order chi connectivity index (χ0) is 21.7. The van der Waals surface area contributed by atoms with E-state index in [-0.39, 0.29) is 10.8 Å². The van der Waals surface area contributed by atoms with Crippen LogP contribution in [0.5, 0.6) is 5.75 Å². The van der Waals surface area contributed by atoms with E-state index in [1.165, 1.54) is 17.0 Å². The summed E-state index contributed by atoms with van der Waals surface area (Å²) in [7, 11) is -0.575. The van der Waals surface area contributed by atoms with Crippen molar-refractivity contribution in [3.05, 3.63) is 89.5 Å². The third-order valence-corrected chi connectivity index (χ3v) is 5.99. The van der Waals surface area contributed by atoms with Gasteiger partial charge in [0, 0.05) is 30.4 Å². The lowest BCUT2D eigenvalue weighted by atomic mass is 10.1. The molecule has 1 N–H and O–H groups in total. The number of ether oxygens (including phenoxy) is 1. The van der Waals surface area contributed by atoms with Gasteiger partial charge in [-0.15, -0.1) is 0 Å². The van der Waals surface area contributed by atoms with Gasteiger partial charge in [-0.2, -0.15) is 0 Å². The van der Waals surface area contributed by atoms with Gasteiger partial charge in [-0.3, -0.25) is 9.52 Å². The number of sulfonamides is 1. The van der Waals surface area contributed by atoms with Gasteiger partial charge in [-0.1, -0.05) is 36.4 Å². The fourth-order valence-corrected chi connectivity index (χ4v) is 4.20. The first-order valence-corrected chi connectivity index (χ1v) is 10.9. The molecule has 1 amide bonds. The highest BCUT2D eigenvalue weighted by molar-refractivity contribution is 7.92. The van der Waals surface area contributed by atoms with Crippen molar-refractivity contribution in [1.82, 2.24) is 4.90 Å². The van der Waals surface area contributed by atoms with Crippen LogP contribution in [0.15, 0.2) is 77.7 Å². The van der Waals surface area contributed by atoms with Crippen LogP contribution in [-0.2, 0) is 16.6 Å². The molecule has 6 nitrogen and oxygen atoms in total. The number of hydrogen-bond donors (Lipinski definition) is 1. The van der Waals surface area contributed by atoms with Gasteiger partial charge in [0.2, 0.25) is 0 Å². The number of rotatable bonds is 7. The fraction of sp³-hybridized carbons (Fsp3) is 0.174. The molecule has 3 aromatic carbocycles. The zero-order valence-corrected chi connectivity index (χ0v) is 17.9. The molecule has 0 fully saturated rings. The summed E-state index contributed by atoms with van der Waals surface area (Å²) in [4.78, 5) is 14.5. The highest BCUT2D eigenvalue weighted by Gasteiger charge is 2.19. The molecule has 0 radical (unpaired) electrons. The molecule has 0 aliphatic rings. The van der Waals surface area contributed by atoms with Crippen LogP contribution in [0, 0.1) is 6.92 Å². The maximum Gasteiger partial charge on any atom is 0.261 e. The average molecular weight is 425 g/mol. The summed E-state index contributed by atoms with van der Waals surface area (Å²) in [5.74, 6) is 0.407. The summed E-state index contributed by atoms with van der Waals surface area (Å²) in [5, 5.41) is 0. The summed E-state index contributed by atoms with van der Waals surface area (Å²) in [6.07, 6.45) is 0. The topological polar surface area (TPSA) is 75.7 Å². The molecule has 0 aromatic heterocycles. The normalized spacial score (nSPS) is 11.0. The minimum absolute atomic E-state index is 0.0283. The molecule has 0 heterocycles. The first kappa shape index (κ1) is 21.4. The van der Waals surface area contributed by atoms with Crippen LogP contribution >= 0.6 is 0 Å². The Bertz CT molecular complexity index is 1160. The molecule has 0 aliphatic carbocycles. The number of nitrogens with zero attached hydrogens (tertiary/aromatic N) is 1. The zero-order valence-electron chi connectivity index (χ0n) is 17.1. The molecule has 3 aromatic rings. The molecule has 0 saturated carbocycles. The average Bonchev–Trinajstić information content (AvgIpc) is 2.73. The van der Waals surface area contributed by atoms with E-state index < -0.39 is 10.0 Å². The van der Waals surface area contributed by atoms with Crippen LogP contribution in [0.3, 0.4) is 0 Å². The Morgan fingerprint density at radius 2 is 1.73 bits per heavy atom. The van der Waals surface area contributed by atoms with E-state index in [1.807, 2.05) is 37.3 Å². The molecular weight excluding hydrogens is 400 g/mol. The molecule has 30 heavy (non-hydrogen) atoms. The van der Waals surface area contributed by atoms with Crippen molar-refractivity contribution in [1.29, 1.82) is 0 Å². The Morgan fingerprint density at radius 1 is 1.00 bits per heavy atom. The molecule has 0 unspecified atom stereocenters. The predicted molar refractivity (Wildman–Crippen MR) is 117 cm³/mol. The molecule has 0 bridgehead atoms. The number of methoxy groups -OCH3 is 1. The van der Waals surface area contributed by atoms with Gasteiger partial charge in [-0.25, -0.2) is 8.42 Å². The maximum atomic E-state index is 12.9. The quantitative estimate of drug-likeness (QED) is 0.620. The van der Waals surface area contributed by atoms with Crippen molar-refractivity contribution < 1.29 is 17.9 Å². The predicted octanol–water partition coefficient (Wildman–Crippen LogP) is 4.08. The van der Waals surface area contributed by atoms with Crippen LogP contribution < -0.4 is 9.46 Å². The number of nitrogens with one attached hydrogen (secondary N) is 1. The molecule has 0 saturated heterocycles. The summed E-state index contributed by atoms with van der Waals surface area (Å²) in [6.45, 7) is 2.22. The van der Waals surface area contributed by atoms with Crippen molar-refractivity contribution in [2.45, 2.75) is 18.4 Å². The van der Waals surface area contributed by atoms with Crippen molar-refractivity contribution in [3.8, 4) is 5.75 Å². The van der Waals surface area contributed by atoms with Crippen molar-refractivity contribution >= 4 is 21.6 Å². The van der Waals surface area contributed by atoms with Gasteiger partial charge in [0.1, 0.15) is 5.75 Å². The number of anilines is 1. The Hall–Kier alpha value is -3.32. The number of benzene rings is 3. The molecule has 156 valence electrons. The second kappa shape index (κ2) is 9.00. The second-order valence-corrected chi connectivity index (χ2v) is 8.66. The largest absolute Gasteiger partial charge is 0.496 e. The molecule has 7 heteroatoms. The second-order valence-electron chi connectivity index (χ2n) is 6.98. The number of para-hydroxylation sites is 1. The third-order valence-electron chi connectivity index (χ3n) is 4.61. The van der Waals surface area contributed by atoms with Gasteiger partial charge in [-0.05, 0) is 48.9 Å². The Morgan fingerprint density at radius 3 is 2.47 bits per heavy atom. The van der Waals surface area contributed by atoms with Crippen LogP contribution in [0.4, 0.5) is 5.69 Å². The fourth-order valence-electron chi connectivity index (χ4n) is 3.10. The lowest BCUT2D eigenvalue weighted by Crippen LogP contribution is -2.26. The van der Waals surface area contributed by atoms with Crippen molar-refractivity contribution in [3.63, 3.8) is 0 Å². The Kier molecular flexibility index (Phi) is 6.42. The molecule has 0 atom stereocenters. The van der Waals surface area contributed by atoms with E-state index in [0.717, 1.165) is 11.1 Å². The highest BCUT2D eigenvalue weighted by atomic mass is 32.2. The molecule has 0 aliphatic heterocycles. The minimum atomic E-state index is -3.82. The maximum absolute atomic E-state index is 12.9. The smallest absolute Gasteiger partial charge is 0.261 e. The van der Waals surface area contributed by atoms with E-state index in [9.17, 15) is 13.2 Å². The van der Waals surface area contributed by atoms with E-state index in [4.69, 9.17) is 4.74 Å². The van der Waals surface area contributed by atoms with Crippen molar-refractivity contribution in [2.24, 2.45) is 0 Å². The van der Waals surface area contributed by atoms with Crippen LogP contribution in [-0.4, -0.2) is 33.4 Å². The summed E-state index contributed by atoms with van der Waals surface area (Å²) < 4.78 is 33.5. The van der Waals surface area contributed by atoms with Gasteiger partial charge < -0.3 is 9.64 Å². The lowest BCUT2D eigenvalue weighted by molar-refractivity contribution is 0.0784. The number of carbonyl (C=O) groups excluding carboxylic acids is 1. The minimum Gasteiger partial charge on any atom is -0.496 e. The summed E-state index contributed by atoms with van der Waals surface area (Å²) in [6, 6.07) is 20.6. The standard InChI is InChI=1S/C23H24N2O4S/c1-17-8-6-11-20(14-17)24-30(27,28)21-12-7-10-18(15-21)23(26)25(2)16-19-9-4-5-13-22(19)29-3/h4-15,24H,16H2,1-3H3. The van der Waals surface area contributed by atoms with Crippen molar-refractivity contribution in [2.75, 3.05) is 18.9 Å². The van der Waals surface area contributed by atoms with E-state index in [2.05, 4.69) is 4.72 Å². The van der Waals surface area contributed by atoms with Crippen LogP contribution in [0.2, 0.25) is 0 Å². The van der Waals surface area contributed by atoms with Gasteiger partial charge in [0.25, 0.3) is 15.9 Å².